The highest BCUT2D eigenvalue weighted by Crippen LogP contribution is 2.34. The molecule has 1 aromatic rings. The summed E-state index contributed by atoms with van der Waals surface area (Å²) in [5.41, 5.74) is 1.25. The zero-order valence-corrected chi connectivity index (χ0v) is 14.9. The number of hydrogen-bond acceptors (Lipinski definition) is 6. The number of benzene rings is 1. The maximum Gasteiger partial charge on any atom is 0.277 e. The van der Waals surface area contributed by atoms with Crippen molar-refractivity contribution in [1.82, 2.24) is 9.80 Å². The van der Waals surface area contributed by atoms with Gasteiger partial charge in [-0.1, -0.05) is 0 Å². The number of non-ortho nitro benzene ring substituents is 1. The number of amides is 2. The van der Waals surface area contributed by atoms with Crippen LogP contribution in [0.2, 0.25) is 0 Å². The van der Waals surface area contributed by atoms with Crippen molar-refractivity contribution in [1.29, 1.82) is 0 Å². The lowest BCUT2D eigenvalue weighted by Crippen LogP contribution is -2.39. The number of ether oxygens (including phenoxy) is 1. The van der Waals surface area contributed by atoms with E-state index in [1.54, 1.807) is 12.1 Å². The number of carbonyl (C=O) groups is 2. The van der Waals surface area contributed by atoms with Gasteiger partial charge in [0.2, 0.25) is 0 Å². The van der Waals surface area contributed by atoms with E-state index in [9.17, 15) is 19.7 Å². The van der Waals surface area contributed by atoms with Crippen LogP contribution in [0.4, 0.5) is 5.69 Å². The van der Waals surface area contributed by atoms with Crippen LogP contribution in [0.25, 0.3) is 5.57 Å². The van der Waals surface area contributed by atoms with Crippen molar-refractivity contribution in [2.24, 2.45) is 0 Å². The van der Waals surface area contributed by atoms with Gasteiger partial charge < -0.3 is 9.64 Å². The molecule has 27 heavy (non-hydrogen) atoms. The fourth-order valence-electron chi connectivity index (χ4n) is 3.97. The second kappa shape index (κ2) is 7.11. The summed E-state index contributed by atoms with van der Waals surface area (Å²) in [5, 5.41) is 10.9. The number of carbonyl (C=O) groups excluding carboxylic acids is 2. The number of hydrogen-bond donors (Lipinski definition) is 0. The molecule has 2 amide bonds. The predicted octanol–water partition coefficient (Wildman–Crippen LogP) is 1.95. The SMILES string of the molecule is O=C1C(c2ccc([N+](=O)[O-])cc2)=C(N2CCCC2)C(=O)N1CC1CCCO1. The smallest absolute Gasteiger partial charge is 0.277 e. The van der Waals surface area contributed by atoms with E-state index < -0.39 is 4.92 Å². The molecule has 4 rings (SSSR count). The van der Waals surface area contributed by atoms with Crippen LogP contribution in [0, 0.1) is 10.1 Å². The monoisotopic (exact) mass is 371 g/mol. The summed E-state index contributed by atoms with van der Waals surface area (Å²) in [5.74, 6) is -0.628. The molecule has 2 fully saturated rings. The number of nitro groups is 1. The molecule has 0 spiro atoms. The number of rotatable bonds is 5. The number of nitrogens with zero attached hydrogens (tertiary/aromatic N) is 3. The van der Waals surface area contributed by atoms with Crippen LogP contribution in [0.5, 0.6) is 0 Å². The molecule has 8 nitrogen and oxygen atoms in total. The molecule has 0 bridgehead atoms. The Hall–Kier alpha value is -2.74. The van der Waals surface area contributed by atoms with Crippen molar-refractivity contribution in [3.05, 3.63) is 45.6 Å². The number of nitro benzene ring substituents is 1. The zero-order chi connectivity index (χ0) is 19.0. The highest BCUT2D eigenvalue weighted by atomic mass is 16.6. The van der Waals surface area contributed by atoms with Crippen molar-refractivity contribution in [2.45, 2.75) is 31.8 Å². The van der Waals surface area contributed by atoms with Gasteiger partial charge in [0.1, 0.15) is 5.70 Å². The minimum absolute atomic E-state index is 0.0462. The van der Waals surface area contributed by atoms with Gasteiger partial charge in [-0.15, -0.1) is 0 Å². The average molecular weight is 371 g/mol. The van der Waals surface area contributed by atoms with Gasteiger partial charge in [0.15, 0.2) is 0 Å². The Morgan fingerprint density at radius 1 is 1.07 bits per heavy atom. The van der Waals surface area contributed by atoms with Crippen molar-refractivity contribution in [3.63, 3.8) is 0 Å². The maximum atomic E-state index is 13.1. The van der Waals surface area contributed by atoms with Crippen LogP contribution in [0.1, 0.15) is 31.2 Å². The van der Waals surface area contributed by atoms with E-state index in [1.165, 1.54) is 17.0 Å². The highest BCUT2D eigenvalue weighted by Gasteiger charge is 2.43. The Morgan fingerprint density at radius 2 is 1.78 bits per heavy atom. The molecule has 0 aromatic heterocycles. The third-order valence-electron chi connectivity index (χ3n) is 5.34. The van der Waals surface area contributed by atoms with Crippen molar-refractivity contribution < 1.29 is 19.2 Å². The Labute approximate surface area is 156 Å². The van der Waals surface area contributed by atoms with E-state index in [-0.39, 0.29) is 30.2 Å². The van der Waals surface area contributed by atoms with Gasteiger partial charge >= 0.3 is 0 Å². The highest BCUT2D eigenvalue weighted by molar-refractivity contribution is 6.35. The summed E-state index contributed by atoms with van der Waals surface area (Å²) in [6.07, 6.45) is 3.61. The molecule has 142 valence electrons. The largest absolute Gasteiger partial charge is 0.376 e. The molecule has 0 radical (unpaired) electrons. The molecule has 1 aromatic carbocycles. The first-order valence-electron chi connectivity index (χ1n) is 9.28. The van der Waals surface area contributed by atoms with Gasteiger partial charge in [0, 0.05) is 31.8 Å². The minimum atomic E-state index is -0.481. The summed E-state index contributed by atoms with van der Waals surface area (Å²) >= 11 is 0. The summed E-state index contributed by atoms with van der Waals surface area (Å²) in [6.45, 7) is 2.38. The molecule has 3 aliphatic rings. The molecule has 3 heterocycles. The minimum Gasteiger partial charge on any atom is -0.376 e. The lowest BCUT2D eigenvalue weighted by Gasteiger charge is -2.21. The van der Waals surface area contributed by atoms with Gasteiger partial charge in [-0.05, 0) is 43.4 Å². The fraction of sp³-hybridized carbons (Fsp3) is 0.474. The quantitative estimate of drug-likeness (QED) is 0.446. The summed E-state index contributed by atoms with van der Waals surface area (Å²) < 4.78 is 5.60. The molecule has 2 saturated heterocycles. The summed E-state index contributed by atoms with van der Waals surface area (Å²) in [4.78, 5) is 39.9. The Morgan fingerprint density at radius 3 is 2.37 bits per heavy atom. The predicted molar refractivity (Wildman–Crippen MR) is 96.5 cm³/mol. The van der Waals surface area contributed by atoms with Crippen molar-refractivity contribution in [3.8, 4) is 0 Å². The van der Waals surface area contributed by atoms with E-state index in [0.717, 1.165) is 38.8 Å². The second-order valence-electron chi connectivity index (χ2n) is 7.08. The molecular weight excluding hydrogens is 350 g/mol. The van der Waals surface area contributed by atoms with Gasteiger partial charge in [0.25, 0.3) is 17.5 Å². The number of likely N-dealkylation sites (tertiary alicyclic amines) is 1. The molecule has 1 unspecified atom stereocenters. The van der Waals surface area contributed by atoms with Crippen LogP contribution >= 0.6 is 0 Å². The molecule has 0 N–H and O–H groups in total. The lowest BCUT2D eigenvalue weighted by molar-refractivity contribution is -0.384. The van der Waals surface area contributed by atoms with Crippen molar-refractivity contribution in [2.75, 3.05) is 26.2 Å². The third-order valence-corrected chi connectivity index (χ3v) is 5.34. The van der Waals surface area contributed by atoms with E-state index in [1.807, 2.05) is 4.90 Å². The average Bonchev–Trinajstić information content (AvgIpc) is 3.40. The molecule has 0 saturated carbocycles. The van der Waals surface area contributed by atoms with Gasteiger partial charge in [-0.2, -0.15) is 0 Å². The molecule has 0 aliphatic carbocycles. The number of imide groups is 1. The van der Waals surface area contributed by atoms with Gasteiger partial charge in [-0.25, -0.2) is 0 Å². The summed E-state index contributed by atoms with van der Waals surface area (Å²) in [7, 11) is 0. The van der Waals surface area contributed by atoms with Gasteiger partial charge in [0.05, 0.1) is 23.1 Å². The zero-order valence-electron chi connectivity index (χ0n) is 14.9. The van der Waals surface area contributed by atoms with E-state index in [0.29, 0.717) is 23.4 Å². The van der Waals surface area contributed by atoms with Crippen LogP contribution in [-0.2, 0) is 14.3 Å². The van der Waals surface area contributed by atoms with Gasteiger partial charge in [-0.3, -0.25) is 24.6 Å². The maximum absolute atomic E-state index is 13.1. The normalized spacial score (nSPS) is 23.0. The molecule has 1 atom stereocenters. The van der Waals surface area contributed by atoms with Crippen LogP contribution in [0.3, 0.4) is 0 Å². The van der Waals surface area contributed by atoms with Crippen LogP contribution < -0.4 is 0 Å². The van der Waals surface area contributed by atoms with Crippen LogP contribution in [-0.4, -0.2) is 58.9 Å². The standard InChI is InChI=1S/C19H21N3O5/c23-18-16(13-5-7-14(8-6-13)22(25)26)17(20-9-1-2-10-20)19(24)21(18)12-15-4-3-11-27-15/h5-8,15H,1-4,9-12H2. The fourth-order valence-corrected chi connectivity index (χ4v) is 3.97. The molecule has 3 aliphatic heterocycles. The lowest BCUT2D eigenvalue weighted by atomic mass is 10.0. The molecule has 8 heteroatoms. The summed E-state index contributed by atoms with van der Waals surface area (Å²) in [6, 6.07) is 5.82. The van der Waals surface area contributed by atoms with Crippen molar-refractivity contribution >= 4 is 23.1 Å². The van der Waals surface area contributed by atoms with E-state index in [4.69, 9.17) is 4.74 Å². The Kier molecular flexibility index (Phi) is 4.65. The first-order chi connectivity index (χ1) is 13.1. The molecular formula is C19H21N3O5. The first kappa shape index (κ1) is 17.7. The topological polar surface area (TPSA) is 93.0 Å². The third kappa shape index (κ3) is 3.21. The van der Waals surface area contributed by atoms with Crippen LogP contribution in [0.15, 0.2) is 30.0 Å². The first-order valence-corrected chi connectivity index (χ1v) is 9.28. The van der Waals surface area contributed by atoms with E-state index in [2.05, 4.69) is 0 Å². The Bertz CT molecular complexity index is 805. The second-order valence-corrected chi connectivity index (χ2v) is 7.08. The van der Waals surface area contributed by atoms with E-state index >= 15 is 0 Å². The Balaban J connectivity index is 1.70.